The van der Waals surface area contributed by atoms with Crippen LogP contribution in [0, 0.1) is 23.2 Å². The van der Waals surface area contributed by atoms with Gasteiger partial charge in [0.15, 0.2) is 0 Å². The SMILES string of the molecule is CC1CCCC(CCNc2ncc(C#N)cc2N)C1. The maximum atomic E-state index is 8.76. The van der Waals surface area contributed by atoms with E-state index in [0.717, 1.165) is 18.4 Å². The van der Waals surface area contributed by atoms with Crippen LogP contribution in [0.25, 0.3) is 0 Å². The van der Waals surface area contributed by atoms with Crippen LogP contribution in [0.3, 0.4) is 0 Å². The second kappa shape index (κ2) is 6.42. The first-order valence-electron chi connectivity index (χ1n) is 7.08. The second-order valence-electron chi connectivity index (χ2n) is 5.63. The van der Waals surface area contributed by atoms with Gasteiger partial charge in [-0.1, -0.05) is 26.2 Å². The van der Waals surface area contributed by atoms with Gasteiger partial charge in [0.2, 0.25) is 0 Å². The Morgan fingerprint density at radius 3 is 3.05 bits per heavy atom. The number of hydrogen-bond donors (Lipinski definition) is 2. The van der Waals surface area contributed by atoms with Gasteiger partial charge in [0.05, 0.1) is 11.3 Å². The number of hydrogen-bond acceptors (Lipinski definition) is 4. The van der Waals surface area contributed by atoms with Crippen molar-refractivity contribution in [2.45, 2.75) is 39.0 Å². The fraction of sp³-hybridized carbons (Fsp3) is 0.600. The lowest BCUT2D eigenvalue weighted by Crippen LogP contribution is -2.17. The molecule has 1 aromatic rings. The quantitative estimate of drug-likeness (QED) is 0.869. The zero-order valence-electron chi connectivity index (χ0n) is 11.5. The molecule has 0 aromatic carbocycles. The highest BCUT2D eigenvalue weighted by molar-refractivity contribution is 5.62. The van der Waals surface area contributed by atoms with Crippen LogP contribution < -0.4 is 11.1 Å². The van der Waals surface area contributed by atoms with E-state index in [9.17, 15) is 0 Å². The normalized spacial score (nSPS) is 22.7. The molecule has 0 amide bonds. The van der Waals surface area contributed by atoms with Crippen LogP contribution in [-0.4, -0.2) is 11.5 Å². The van der Waals surface area contributed by atoms with E-state index in [2.05, 4.69) is 17.2 Å². The van der Waals surface area contributed by atoms with Gasteiger partial charge in [-0.05, 0) is 30.7 Å². The Kier molecular flexibility index (Phi) is 4.62. The zero-order valence-corrected chi connectivity index (χ0v) is 11.5. The summed E-state index contributed by atoms with van der Waals surface area (Å²) >= 11 is 0. The summed E-state index contributed by atoms with van der Waals surface area (Å²) in [5.74, 6) is 2.40. The largest absolute Gasteiger partial charge is 0.396 e. The third kappa shape index (κ3) is 3.85. The fourth-order valence-electron chi connectivity index (χ4n) is 2.91. The molecule has 0 saturated heterocycles. The standard InChI is InChI=1S/C15H22N4/c1-11-3-2-4-12(7-11)5-6-18-15-14(17)8-13(9-16)10-19-15/h8,10-12H,2-7,17H2,1H3,(H,18,19). The van der Waals surface area contributed by atoms with Gasteiger partial charge in [-0.2, -0.15) is 5.26 Å². The highest BCUT2D eigenvalue weighted by atomic mass is 15.0. The summed E-state index contributed by atoms with van der Waals surface area (Å²) in [5, 5.41) is 12.0. The van der Waals surface area contributed by atoms with Crippen LogP contribution in [-0.2, 0) is 0 Å². The molecule has 0 radical (unpaired) electrons. The molecule has 0 bridgehead atoms. The number of nitriles is 1. The Labute approximate surface area is 115 Å². The van der Waals surface area contributed by atoms with Gasteiger partial charge in [-0.25, -0.2) is 4.98 Å². The van der Waals surface area contributed by atoms with Gasteiger partial charge in [0, 0.05) is 12.7 Å². The Hall–Kier alpha value is -1.76. The average molecular weight is 258 g/mol. The number of nitrogens with zero attached hydrogens (tertiary/aromatic N) is 2. The van der Waals surface area contributed by atoms with E-state index in [-0.39, 0.29) is 0 Å². The van der Waals surface area contributed by atoms with E-state index in [1.807, 2.05) is 6.07 Å². The number of nitrogen functional groups attached to an aromatic ring is 1. The summed E-state index contributed by atoms with van der Waals surface area (Å²) in [4.78, 5) is 4.19. The van der Waals surface area contributed by atoms with E-state index in [1.165, 1.54) is 32.1 Å². The molecule has 1 heterocycles. The van der Waals surface area contributed by atoms with Gasteiger partial charge >= 0.3 is 0 Å². The van der Waals surface area contributed by atoms with Crippen LogP contribution in [0.4, 0.5) is 11.5 Å². The topological polar surface area (TPSA) is 74.7 Å². The molecule has 19 heavy (non-hydrogen) atoms. The van der Waals surface area contributed by atoms with Crippen molar-refractivity contribution >= 4 is 11.5 Å². The van der Waals surface area contributed by atoms with E-state index in [1.54, 1.807) is 12.3 Å². The number of pyridine rings is 1. The van der Waals surface area contributed by atoms with Crippen LogP contribution in [0.15, 0.2) is 12.3 Å². The second-order valence-corrected chi connectivity index (χ2v) is 5.63. The molecule has 2 unspecified atom stereocenters. The molecule has 0 aliphatic heterocycles. The van der Waals surface area contributed by atoms with E-state index >= 15 is 0 Å². The number of rotatable bonds is 4. The summed E-state index contributed by atoms with van der Waals surface area (Å²) < 4.78 is 0. The molecule has 1 fully saturated rings. The maximum Gasteiger partial charge on any atom is 0.149 e. The minimum absolute atomic E-state index is 0.504. The third-order valence-electron chi connectivity index (χ3n) is 3.94. The molecule has 0 spiro atoms. The number of nitrogens with two attached hydrogens (primary N) is 1. The minimum atomic E-state index is 0.504. The average Bonchev–Trinajstić information content (AvgIpc) is 2.40. The molecule has 1 aliphatic carbocycles. The van der Waals surface area contributed by atoms with Crippen molar-refractivity contribution in [2.24, 2.45) is 11.8 Å². The van der Waals surface area contributed by atoms with Crippen molar-refractivity contribution < 1.29 is 0 Å². The molecule has 3 N–H and O–H groups in total. The third-order valence-corrected chi connectivity index (χ3v) is 3.94. The number of aromatic nitrogens is 1. The van der Waals surface area contributed by atoms with Crippen molar-refractivity contribution in [2.75, 3.05) is 17.6 Å². The van der Waals surface area contributed by atoms with E-state index < -0.39 is 0 Å². The van der Waals surface area contributed by atoms with Crippen molar-refractivity contribution in [3.05, 3.63) is 17.8 Å². The van der Waals surface area contributed by atoms with Crippen molar-refractivity contribution in [1.82, 2.24) is 4.98 Å². The summed E-state index contributed by atoms with van der Waals surface area (Å²) in [5.41, 5.74) is 6.92. The molecule has 4 nitrogen and oxygen atoms in total. The fourth-order valence-corrected chi connectivity index (χ4v) is 2.91. The molecule has 1 aromatic heterocycles. The van der Waals surface area contributed by atoms with Gasteiger partial charge < -0.3 is 11.1 Å². The maximum absolute atomic E-state index is 8.76. The molecule has 4 heteroatoms. The highest BCUT2D eigenvalue weighted by Crippen LogP contribution is 2.30. The lowest BCUT2D eigenvalue weighted by molar-refractivity contribution is 0.274. The van der Waals surface area contributed by atoms with Crippen molar-refractivity contribution in [1.29, 1.82) is 5.26 Å². The summed E-state index contributed by atoms with van der Waals surface area (Å²) in [7, 11) is 0. The van der Waals surface area contributed by atoms with Gasteiger partial charge in [0.25, 0.3) is 0 Å². The first-order chi connectivity index (χ1) is 9.19. The minimum Gasteiger partial charge on any atom is -0.396 e. The number of nitrogens with one attached hydrogen (secondary N) is 1. The van der Waals surface area contributed by atoms with Crippen LogP contribution in [0.5, 0.6) is 0 Å². The lowest BCUT2D eigenvalue weighted by Gasteiger charge is -2.26. The van der Waals surface area contributed by atoms with Gasteiger partial charge in [-0.15, -0.1) is 0 Å². The molecular formula is C15H22N4. The monoisotopic (exact) mass is 258 g/mol. The Morgan fingerprint density at radius 1 is 1.53 bits per heavy atom. The highest BCUT2D eigenvalue weighted by Gasteiger charge is 2.18. The van der Waals surface area contributed by atoms with Crippen LogP contribution >= 0.6 is 0 Å². The predicted molar refractivity (Wildman–Crippen MR) is 77.6 cm³/mol. The first-order valence-corrected chi connectivity index (χ1v) is 7.08. The molecule has 1 saturated carbocycles. The molecule has 2 rings (SSSR count). The lowest BCUT2D eigenvalue weighted by atomic mass is 9.81. The summed E-state index contributed by atoms with van der Waals surface area (Å²) in [6.07, 6.45) is 8.17. The molecule has 2 atom stereocenters. The van der Waals surface area contributed by atoms with Gasteiger partial charge in [-0.3, -0.25) is 0 Å². The Balaban J connectivity index is 1.81. The first kappa shape index (κ1) is 13.7. The van der Waals surface area contributed by atoms with Crippen molar-refractivity contribution in [3.8, 4) is 6.07 Å². The number of anilines is 2. The summed E-state index contributed by atoms with van der Waals surface area (Å²) in [6, 6.07) is 3.70. The molecule has 102 valence electrons. The molecule has 1 aliphatic rings. The van der Waals surface area contributed by atoms with E-state index in [4.69, 9.17) is 11.0 Å². The Bertz CT molecular complexity index is 464. The van der Waals surface area contributed by atoms with Crippen molar-refractivity contribution in [3.63, 3.8) is 0 Å². The predicted octanol–water partition coefficient (Wildman–Crippen LogP) is 3.16. The van der Waals surface area contributed by atoms with Crippen LogP contribution in [0.1, 0.15) is 44.6 Å². The van der Waals surface area contributed by atoms with Crippen LogP contribution in [0.2, 0.25) is 0 Å². The van der Waals surface area contributed by atoms with E-state index in [0.29, 0.717) is 17.1 Å². The smallest absolute Gasteiger partial charge is 0.149 e. The van der Waals surface area contributed by atoms with Gasteiger partial charge in [0.1, 0.15) is 11.9 Å². The Morgan fingerprint density at radius 2 is 2.37 bits per heavy atom. The zero-order chi connectivity index (χ0) is 13.7. The summed E-state index contributed by atoms with van der Waals surface area (Å²) in [6.45, 7) is 3.25. The molecular weight excluding hydrogens is 236 g/mol.